The molecule has 1 aliphatic rings. The van der Waals surface area contributed by atoms with Crippen LogP contribution in [0.15, 0.2) is 51.9 Å². The van der Waals surface area contributed by atoms with Crippen LogP contribution in [0.4, 0.5) is 0 Å². The Hall–Kier alpha value is -3.24. The van der Waals surface area contributed by atoms with Crippen LogP contribution in [0.5, 0.6) is 5.75 Å². The summed E-state index contributed by atoms with van der Waals surface area (Å²) in [5, 5.41) is 3.99. The summed E-state index contributed by atoms with van der Waals surface area (Å²) in [6.45, 7) is 3.13. The molecule has 0 saturated carbocycles. The fourth-order valence-corrected chi connectivity index (χ4v) is 5.14. The van der Waals surface area contributed by atoms with E-state index in [2.05, 4.69) is 10.1 Å². The maximum absolute atomic E-state index is 13.3. The van der Waals surface area contributed by atoms with Crippen LogP contribution in [-0.4, -0.2) is 60.9 Å². The van der Waals surface area contributed by atoms with Crippen molar-refractivity contribution < 1.29 is 22.5 Å². The van der Waals surface area contributed by atoms with Crippen LogP contribution in [0.3, 0.4) is 0 Å². The first-order chi connectivity index (χ1) is 16.3. The van der Waals surface area contributed by atoms with Crippen LogP contribution < -0.4 is 4.74 Å². The number of hydrogen-bond donors (Lipinski definition) is 0. The number of methoxy groups -OCH3 is 1. The molecule has 1 aliphatic heterocycles. The number of aromatic nitrogens is 2. The second-order valence-electron chi connectivity index (χ2n) is 8.30. The lowest BCUT2D eigenvalue weighted by Gasteiger charge is -2.27. The molecular formula is C24H28N4O5S. The number of nitrogens with zero attached hydrogens (tertiary/aromatic N) is 4. The SMILES string of the molecule is COc1ccc(S(=O)(=O)N(C)Cc2nc(-c3ccccc3C)no2)cc1C(=O)N1CCCCC1. The molecule has 1 amide bonds. The molecule has 0 unspecified atom stereocenters. The first-order valence-corrected chi connectivity index (χ1v) is 12.6. The zero-order chi connectivity index (χ0) is 24.3. The molecule has 180 valence electrons. The lowest BCUT2D eigenvalue weighted by molar-refractivity contribution is 0.0720. The molecule has 9 nitrogen and oxygen atoms in total. The van der Waals surface area contributed by atoms with E-state index in [1.165, 1.54) is 32.4 Å². The molecule has 1 aromatic heterocycles. The molecule has 0 N–H and O–H groups in total. The summed E-state index contributed by atoms with van der Waals surface area (Å²) in [6, 6.07) is 11.9. The minimum atomic E-state index is -3.93. The van der Waals surface area contributed by atoms with E-state index >= 15 is 0 Å². The highest BCUT2D eigenvalue weighted by Gasteiger charge is 2.28. The van der Waals surface area contributed by atoms with Gasteiger partial charge in [-0.2, -0.15) is 9.29 Å². The molecule has 1 saturated heterocycles. The van der Waals surface area contributed by atoms with Gasteiger partial charge in [0.05, 0.1) is 24.1 Å². The predicted octanol–water partition coefficient (Wildman–Crippen LogP) is 3.50. The highest BCUT2D eigenvalue weighted by atomic mass is 32.2. The number of piperidine rings is 1. The van der Waals surface area contributed by atoms with Crippen molar-refractivity contribution in [3.63, 3.8) is 0 Å². The van der Waals surface area contributed by atoms with Gasteiger partial charge in [0.1, 0.15) is 5.75 Å². The van der Waals surface area contributed by atoms with Gasteiger partial charge in [-0.25, -0.2) is 8.42 Å². The maximum atomic E-state index is 13.3. The molecule has 1 fully saturated rings. The summed E-state index contributed by atoms with van der Waals surface area (Å²) >= 11 is 0. The Morgan fingerprint density at radius 2 is 1.88 bits per heavy atom. The molecule has 4 rings (SSSR count). The van der Waals surface area contributed by atoms with Crippen molar-refractivity contribution in [1.29, 1.82) is 0 Å². The fraction of sp³-hybridized carbons (Fsp3) is 0.375. The molecule has 2 aromatic carbocycles. The van der Waals surface area contributed by atoms with E-state index in [4.69, 9.17) is 9.26 Å². The Kier molecular flexibility index (Phi) is 6.99. The van der Waals surface area contributed by atoms with E-state index in [-0.39, 0.29) is 28.8 Å². The standard InChI is InChI=1S/C24H28N4O5S/c1-17-9-5-6-10-19(17)23-25-22(33-26-23)16-27(2)34(30,31)18-11-12-21(32-3)20(15-18)24(29)28-13-7-4-8-14-28/h5-6,9-12,15H,4,7-8,13-14,16H2,1-3H3. The van der Waals surface area contributed by atoms with Crippen molar-refractivity contribution in [3.8, 4) is 17.1 Å². The van der Waals surface area contributed by atoms with E-state index in [0.29, 0.717) is 24.7 Å². The lowest BCUT2D eigenvalue weighted by atomic mass is 10.1. The van der Waals surface area contributed by atoms with Gasteiger partial charge >= 0.3 is 0 Å². The van der Waals surface area contributed by atoms with Gasteiger partial charge in [0, 0.05) is 25.7 Å². The topological polar surface area (TPSA) is 106 Å². The van der Waals surface area contributed by atoms with E-state index in [9.17, 15) is 13.2 Å². The number of ether oxygens (including phenoxy) is 1. The fourth-order valence-electron chi connectivity index (χ4n) is 3.99. The predicted molar refractivity (Wildman–Crippen MR) is 126 cm³/mol. The summed E-state index contributed by atoms with van der Waals surface area (Å²) < 4.78 is 38.4. The van der Waals surface area contributed by atoms with Gasteiger partial charge in [-0.3, -0.25) is 4.79 Å². The van der Waals surface area contributed by atoms with Crippen LogP contribution in [0.25, 0.3) is 11.4 Å². The molecule has 0 radical (unpaired) electrons. The number of likely N-dealkylation sites (tertiary alicyclic amines) is 1. The lowest BCUT2D eigenvalue weighted by Crippen LogP contribution is -2.36. The molecular weight excluding hydrogens is 456 g/mol. The normalized spacial score (nSPS) is 14.4. The third-order valence-electron chi connectivity index (χ3n) is 5.96. The minimum absolute atomic E-state index is 0.00481. The zero-order valence-corrected chi connectivity index (χ0v) is 20.3. The van der Waals surface area contributed by atoms with Crippen LogP contribution in [0.1, 0.15) is 41.1 Å². The second-order valence-corrected chi connectivity index (χ2v) is 10.3. The summed E-state index contributed by atoms with van der Waals surface area (Å²) in [7, 11) is -1.04. The monoisotopic (exact) mass is 484 g/mol. The largest absolute Gasteiger partial charge is 0.496 e. The average molecular weight is 485 g/mol. The van der Waals surface area contributed by atoms with Gasteiger partial charge in [0.25, 0.3) is 5.91 Å². The minimum Gasteiger partial charge on any atom is -0.496 e. The van der Waals surface area contributed by atoms with Gasteiger partial charge in [-0.15, -0.1) is 0 Å². The van der Waals surface area contributed by atoms with Crippen molar-refractivity contribution in [2.75, 3.05) is 27.2 Å². The van der Waals surface area contributed by atoms with E-state index in [1.54, 1.807) is 4.90 Å². The number of carbonyl (C=O) groups is 1. The molecule has 0 spiro atoms. The molecule has 2 heterocycles. The van der Waals surface area contributed by atoms with E-state index in [1.807, 2.05) is 31.2 Å². The third-order valence-corrected chi connectivity index (χ3v) is 7.76. The quantitative estimate of drug-likeness (QED) is 0.505. The Morgan fingerprint density at radius 3 is 2.59 bits per heavy atom. The number of hydrogen-bond acceptors (Lipinski definition) is 7. The Balaban J connectivity index is 1.57. The zero-order valence-electron chi connectivity index (χ0n) is 19.5. The van der Waals surface area contributed by atoms with Crippen molar-refractivity contribution in [2.45, 2.75) is 37.6 Å². The van der Waals surface area contributed by atoms with Gasteiger partial charge in [-0.05, 0) is 49.9 Å². The molecule has 0 bridgehead atoms. The summed E-state index contributed by atoms with van der Waals surface area (Å²) in [4.78, 5) is 19.2. The molecule has 0 atom stereocenters. The van der Waals surface area contributed by atoms with E-state index in [0.717, 1.165) is 34.7 Å². The Morgan fingerprint density at radius 1 is 1.15 bits per heavy atom. The average Bonchev–Trinajstić information content (AvgIpc) is 3.32. The summed E-state index contributed by atoms with van der Waals surface area (Å²) in [6.07, 6.45) is 2.95. The third kappa shape index (κ3) is 4.83. The van der Waals surface area contributed by atoms with Gasteiger partial charge in [0.15, 0.2) is 0 Å². The second kappa shape index (κ2) is 9.94. The van der Waals surface area contributed by atoms with Crippen molar-refractivity contribution in [3.05, 3.63) is 59.5 Å². The maximum Gasteiger partial charge on any atom is 0.257 e. The van der Waals surface area contributed by atoms with Crippen LogP contribution in [0, 0.1) is 6.92 Å². The number of amides is 1. The Labute approximate surface area is 199 Å². The number of carbonyl (C=O) groups excluding carboxylic acids is 1. The first kappa shape index (κ1) is 23.9. The Bertz CT molecular complexity index is 1280. The van der Waals surface area contributed by atoms with Gasteiger partial charge in [-0.1, -0.05) is 29.4 Å². The van der Waals surface area contributed by atoms with Crippen LogP contribution in [0.2, 0.25) is 0 Å². The molecule has 3 aromatic rings. The highest BCUT2D eigenvalue weighted by Crippen LogP contribution is 2.27. The van der Waals surface area contributed by atoms with Crippen molar-refractivity contribution in [1.82, 2.24) is 19.3 Å². The number of sulfonamides is 1. The number of rotatable bonds is 7. The highest BCUT2D eigenvalue weighted by molar-refractivity contribution is 7.89. The molecule has 0 aliphatic carbocycles. The number of aryl methyl sites for hydroxylation is 1. The molecule has 34 heavy (non-hydrogen) atoms. The smallest absolute Gasteiger partial charge is 0.257 e. The van der Waals surface area contributed by atoms with E-state index < -0.39 is 10.0 Å². The summed E-state index contributed by atoms with van der Waals surface area (Å²) in [5.74, 6) is 0.688. The molecule has 10 heteroatoms. The van der Waals surface area contributed by atoms with Crippen molar-refractivity contribution >= 4 is 15.9 Å². The number of benzene rings is 2. The first-order valence-electron chi connectivity index (χ1n) is 11.1. The van der Waals surface area contributed by atoms with Crippen molar-refractivity contribution in [2.24, 2.45) is 0 Å². The summed E-state index contributed by atoms with van der Waals surface area (Å²) in [5.41, 5.74) is 2.04. The van der Waals surface area contributed by atoms with Gasteiger partial charge < -0.3 is 14.2 Å². The van der Waals surface area contributed by atoms with Gasteiger partial charge in [0.2, 0.25) is 21.7 Å². The van der Waals surface area contributed by atoms with Crippen LogP contribution in [-0.2, 0) is 16.6 Å². The van der Waals surface area contributed by atoms with Crippen LogP contribution >= 0.6 is 0 Å².